The number of hydrogen-bond acceptors (Lipinski definition) is 8. The third-order valence-corrected chi connectivity index (χ3v) is 6.36. The van der Waals surface area contributed by atoms with Crippen molar-refractivity contribution in [2.24, 2.45) is 0 Å². The van der Waals surface area contributed by atoms with Crippen molar-refractivity contribution in [1.29, 1.82) is 0 Å². The maximum Gasteiger partial charge on any atom is 0.273 e. The van der Waals surface area contributed by atoms with Crippen LogP contribution in [0, 0.1) is 12.7 Å². The minimum atomic E-state index is -3.11. The first kappa shape index (κ1) is 26.1. The summed E-state index contributed by atoms with van der Waals surface area (Å²) in [7, 11) is 2.74. The van der Waals surface area contributed by atoms with Gasteiger partial charge in [-0.05, 0) is 37.6 Å². The quantitative estimate of drug-likeness (QED) is 0.322. The number of phenolic OH excluding ortho intramolecular Hbond substituents is 1. The number of rotatable bonds is 7. The van der Waals surface area contributed by atoms with E-state index >= 15 is 0 Å². The summed E-state index contributed by atoms with van der Waals surface area (Å²) in [4.78, 5) is 42.7. The number of aromatic nitrogens is 1. The summed E-state index contributed by atoms with van der Waals surface area (Å²) in [5, 5.41) is 16.0. The van der Waals surface area contributed by atoms with Crippen LogP contribution in [0.3, 0.4) is 0 Å². The van der Waals surface area contributed by atoms with E-state index in [0.717, 1.165) is 17.0 Å². The second kappa shape index (κ2) is 9.18. The second-order valence-electron chi connectivity index (χ2n) is 9.47. The van der Waals surface area contributed by atoms with Crippen LogP contribution in [0.2, 0.25) is 0 Å². The molecule has 1 aliphatic heterocycles. The largest absolute Gasteiger partial charge is 0.505 e. The van der Waals surface area contributed by atoms with Crippen LogP contribution in [0.15, 0.2) is 40.1 Å². The van der Waals surface area contributed by atoms with Crippen LogP contribution >= 0.6 is 0 Å². The van der Waals surface area contributed by atoms with E-state index in [-0.39, 0.29) is 17.1 Å². The van der Waals surface area contributed by atoms with Gasteiger partial charge in [0.05, 0.1) is 23.0 Å². The van der Waals surface area contributed by atoms with Gasteiger partial charge in [-0.25, -0.2) is 13.2 Å². The van der Waals surface area contributed by atoms with E-state index in [2.05, 4.69) is 15.6 Å². The first-order valence-electron chi connectivity index (χ1n) is 11.3. The number of benzene rings is 1. The maximum absolute atomic E-state index is 14.3. The van der Waals surface area contributed by atoms with Gasteiger partial charge >= 0.3 is 0 Å². The molecule has 12 heteroatoms. The molecule has 1 aromatic heterocycles. The van der Waals surface area contributed by atoms with Gasteiger partial charge in [-0.3, -0.25) is 19.4 Å². The summed E-state index contributed by atoms with van der Waals surface area (Å²) >= 11 is 0. The number of carbonyl (C=O) groups is 1. The highest BCUT2D eigenvalue weighted by atomic mass is 19.3. The summed E-state index contributed by atoms with van der Waals surface area (Å²) in [5.74, 6) is -5.68. The molecule has 37 heavy (non-hydrogen) atoms. The molecule has 3 N–H and O–H groups in total. The molecule has 0 radical (unpaired) electrons. The molecular formula is C25H25F3N4O5. The van der Waals surface area contributed by atoms with Crippen molar-refractivity contribution in [1.82, 2.24) is 9.88 Å². The van der Waals surface area contributed by atoms with Crippen molar-refractivity contribution in [3.05, 3.63) is 73.5 Å². The van der Waals surface area contributed by atoms with E-state index in [0.29, 0.717) is 11.3 Å². The molecule has 2 aromatic carbocycles. The van der Waals surface area contributed by atoms with Crippen molar-refractivity contribution in [3.8, 4) is 5.75 Å². The van der Waals surface area contributed by atoms with E-state index in [1.807, 2.05) is 0 Å². The van der Waals surface area contributed by atoms with Gasteiger partial charge in [-0.1, -0.05) is 6.07 Å². The van der Waals surface area contributed by atoms with E-state index in [9.17, 15) is 32.7 Å². The van der Waals surface area contributed by atoms with E-state index in [4.69, 9.17) is 4.74 Å². The SMILES string of the molecule is Cc1cccnc1C(Nc1c(Nc2ccc(F)c(C(=O)N(C)C)c2O)c(=O)c1=O)[C@@]1(C)CC(F)(F)CO1. The summed E-state index contributed by atoms with van der Waals surface area (Å²) in [6.45, 7) is 2.36. The van der Waals surface area contributed by atoms with Gasteiger partial charge in [0.15, 0.2) is 5.75 Å². The Morgan fingerprint density at radius 1 is 1.19 bits per heavy atom. The monoisotopic (exact) mass is 518 g/mol. The molecule has 1 fully saturated rings. The van der Waals surface area contributed by atoms with Gasteiger partial charge < -0.3 is 25.4 Å². The molecule has 0 bridgehead atoms. The molecule has 0 spiro atoms. The zero-order valence-corrected chi connectivity index (χ0v) is 20.5. The standard InChI is InChI=1S/C25H25F3N4O5/c1-12-6-5-9-29-16(12)22(24(2)10-25(27,28)11-37-24)31-18-17(20(34)21(18)35)30-14-8-7-13(26)15(19(14)33)23(36)32(3)4/h5-9,22,30-31,33H,10-11H2,1-4H3/t22?,24-/m1/s1. The lowest BCUT2D eigenvalue weighted by Gasteiger charge is -2.35. The predicted molar refractivity (Wildman–Crippen MR) is 130 cm³/mol. The van der Waals surface area contributed by atoms with Crippen LogP contribution in [0.1, 0.15) is 41.0 Å². The number of pyridine rings is 1. The number of nitrogens with one attached hydrogen (secondary N) is 2. The number of ether oxygens (including phenoxy) is 1. The van der Waals surface area contributed by atoms with Crippen molar-refractivity contribution < 1.29 is 27.8 Å². The van der Waals surface area contributed by atoms with Crippen molar-refractivity contribution in [2.45, 2.75) is 37.8 Å². The summed E-state index contributed by atoms with van der Waals surface area (Å²) in [5.41, 5.74) is -3.77. The number of hydrogen-bond donors (Lipinski definition) is 3. The fourth-order valence-electron chi connectivity index (χ4n) is 4.40. The fourth-order valence-corrected chi connectivity index (χ4v) is 4.40. The van der Waals surface area contributed by atoms with Crippen molar-refractivity contribution in [3.63, 3.8) is 0 Å². The number of carbonyl (C=O) groups excluding carboxylic acids is 1. The number of halogens is 3. The molecule has 196 valence electrons. The van der Waals surface area contributed by atoms with Crippen LogP contribution in [0.25, 0.3) is 0 Å². The van der Waals surface area contributed by atoms with Crippen LogP contribution < -0.4 is 21.5 Å². The summed E-state index contributed by atoms with van der Waals surface area (Å²) in [6, 6.07) is 4.34. The smallest absolute Gasteiger partial charge is 0.273 e. The molecule has 9 nitrogen and oxygen atoms in total. The zero-order chi connectivity index (χ0) is 27.3. The number of aryl methyl sites for hydroxylation is 1. The molecular weight excluding hydrogens is 493 g/mol. The predicted octanol–water partition coefficient (Wildman–Crippen LogP) is 3.24. The lowest BCUT2D eigenvalue weighted by Crippen LogP contribution is -2.44. The Kier molecular flexibility index (Phi) is 6.49. The van der Waals surface area contributed by atoms with E-state index < -0.39 is 64.5 Å². The summed E-state index contributed by atoms with van der Waals surface area (Å²) in [6.07, 6.45) is 0.801. The Labute approximate surface area is 209 Å². The lowest BCUT2D eigenvalue weighted by atomic mass is 9.87. The summed E-state index contributed by atoms with van der Waals surface area (Å²) < 4.78 is 48.2. The Balaban J connectivity index is 1.74. The average molecular weight is 518 g/mol. The van der Waals surface area contributed by atoms with Crippen LogP contribution in [0.5, 0.6) is 5.75 Å². The van der Waals surface area contributed by atoms with Crippen molar-refractivity contribution in [2.75, 3.05) is 31.3 Å². The molecule has 2 atom stereocenters. The molecule has 4 rings (SSSR count). The Hall–Kier alpha value is -3.93. The Morgan fingerprint density at radius 2 is 1.86 bits per heavy atom. The Morgan fingerprint density at radius 3 is 2.46 bits per heavy atom. The topological polar surface area (TPSA) is 121 Å². The fraction of sp³-hybridized carbons (Fsp3) is 0.360. The molecule has 0 aliphatic carbocycles. The van der Waals surface area contributed by atoms with Crippen molar-refractivity contribution >= 4 is 23.0 Å². The lowest BCUT2D eigenvalue weighted by molar-refractivity contribution is -0.0248. The number of anilines is 3. The second-order valence-corrected chi connectivity index (χ2v) is 9.47. The highest BCUT2D eigenvalue weighted by molar-refractivity contribution is 5.99. The molecule has 2 heterocycles. The third-order valence-electron chi connectivity index (χ3n) is 6.36. The number of amides is 1. The number of aromatic hydroxyl groups is 1. The highest BCUT2D eigenvalue weighted by Crippen LogP contribution is 2.46. The molecule has 1 amide bonds. The van der Waals surface area contributed by atoms with Gasteiger partial charge in [0, 0.05) is 26.7 Å². The van der Waals surface area contributed by atoms with Gasteiger partial charge in [-0.2, -0.15) is 0 Å². The van der Waals surface area contributed by atoms with Gasteiger partial charge in [0.25, 0.3) is 22.7 Å². The van der Waals surface area contributed by atoms with E-state index in [1.54, 1.807) is 19.1 Å². The zero-order valence-electron chi connectivity index (χ0n) is 20.5. The number of alkyl halides is 2. The van der Waals surface area contributed by atoms with Gasteiger partial charge in [0.1, 0.15) is 29.4 Å². The maximum atomic E-state index is 14.3. The van der Waals surface area contributed by atoms with E-state index in [1.165, 1.54) is 27.2 Å². The normalized spacial score (nSPS) is 19.5. The highest BCUT2D eigenvalue weighted by Gasteiger charge is 2.53. The molecule has 3 aromatic rings. The van der Waals surface area contributed by atoms with Crippen LogP contribution in [-0.2, 0) is 4.74 Å². The third kappa shape index (κ3) is 4.64. The minimum absolute atomic E-state index is 0.206. The first-order chi connectivity index (χ1) is 17.3. The van der Waals surface area contributed by atoms with Crippen LogP contribution in [-0.4, -0.2) is 53.1 Å². The molecule has 1 aliphatic rings. The Bertz CT molecular complexity index is 1450. The minimum Gasteiger partial charge on any atom is -0.505 e. The van der Waals surface area contributed by atoms with Gasteiger partial charge in [0.2, 0.25) is 0 Å². The number of phenols is 1. The van der Waals surface area contributed by atoms with Crippen LogP contribution in [0.4, 0.5) is 30.2 Å². The average Bonchev–Trinajstić information content (AvgIpc) is 3.13. The van der Waals surface area contributed by atoms with Gasteiger partial charge in [-0.15, -0.1) is 0 Å². The molecule has 1 unspecified atom stereocenters. The molecule has 0 saturated carbocycles. The number of nitrogens with zero attached hydrogens (tertiary/aromatic N) is 2. The first-order valence-corrected chi connectivity index (χ1v) is 11.3. The molecule has 1 saturated heterocycles.